The first-order chi connectivity index (χ1) is 7.32. The molecule has 0 unspecified atom stereocenters. The topological polar surface area (TPSA) is 86.5 Å². The molecule has 0 saturated carbocycles. The maximum Gasteiger partial charge on any atom is 0.190 e. The Hall–Kier alpha value is -1.04. The van der Waals surface area contributed by atoms with Crippen LogP contribution in [0, 0.1) is 0 Å². The van der Waals surface area contributed by atoms with E-state index < -0.39 is 9.84 Å². The molecule has 2 N–H and O–H groups in total. The smallest absolute Gasteiger partial charge is 0.190 e. The van der Waals surface area contributed by atoms with E-state index in [1.165, 1.54) is 6.92 Å². The largest absolute Gasteiger partial charge is 0.476 e. The molecule has 16 heavy (non-hydrogen) atoms. The lowest BCUT2D eigenvalue weighted by molar-refractivity contribution is -0.113. The van der Waals surface area contributed by atoms with Gasteiger partial charge in [-0.3, -0.25) is 4.79 Å². The fraction of sp³-hybridized carbons (Fsp3) is 0.700. The molecular formula is C10H17NO4S. The van der Waals surface area contributed by atoms with Crippen molar-refractivity contribution in [3.05, 3.63) is 11.5 Å². The van der Waals surface area contributed by atoms with Gasteiger partial charge in [0.1, 0.15) is 6.10 Å². The molecule has 0 aromatic carbocycles. The summed E-state index contributed by atoms with van der Waals surface area (Å²) in [4.78, 5) is 11.0. The molecule has 0 radical (unpaired) electrons. The van der Waals surface area contributed by atoms with Gasteiger partial charge in [0.15, 0.2) is 21.5 Å². The van der Waals surface area contributed by atoms with Gasteiger partial charge in [0.25, 0.3) is 0 Å². The summed E-state index contributed by atoms with van der Waals surface area (Å²) in [6.45, 7) is 3.01. The lowest BCUT2D eigenvalue weighted by Crippen LogP contribution is -2.30. The molecule has 1 heterocycles. The number of ketones is 1. The van der Waals surface area contributed by atoms with Crippen LogP contribution < -0.4 is 5.73 Å². The van der Waals surface area contributed by atoms with E-state index in [0.717, 1.165) is 0 Å². The summed E-state index contributed by atoms with van der Waals surface area (Å²) in [6.07, 6.45) is 0.681. The van der Waals surface area contributed by atoms with E-state index >= 15 is 0 Å². The maximum absolute atomic E-state index is 11.2. The van der Waals surface area contributed by atoms with E-state index in [2.05, 4.69) is 0 Å². The standard InChI is InChI=1S/C10H17NO4S/c1-7(8(2)12)10(11)15-9-3-5-16(13,14)6-4-9/h9H,3-6,11H2,1-2H3/b10-7+. The van der Waals surface area contributed by atoms with Gasteiger partial charge in [-0.2, -0.15) is 0 Å². The number of sulfone groups is 1. The van der Waals surface area contributed by atoms with Crippen LogP contribution in [0.15, 0.2) is 11.5 Å². The van der Waals surface area contributed by atoms with Crippen molar-refractivity contribution in [2.75, 3.05) is 11.5 Å². The predicted octanol–water partition coefficient (Wildman–Crippen LogP) is 0.359. The van der Waals surface area contributed by atoms with Crippen LogP contribution in [0.1, 0.15) is 26.7 Å². The van der Waals surface area contributed by atoms with Gasteiger partial charge >= 0.3 is 0 Å². The Morgan fingerprint density at radius 1 is 1.25 bits per heavy atom. The van der Waals surface area contributed by atoms with Crippen molar-refractivity contribution in [1.29, 1.82) is 0 Å². The first kappa shape index (κ1) is 13.0. The summed E-state index contributed by atoms with van der Waals surface area (Å²) in [6, 6.07) is 0. The van der Waals surface area contributed by atoms with Crippen LogP contribution in [0.25, 0.3) is 0 Å². The van der Waals surface area contributed by atoms with Crippen molar-refractivity contribution in [2.45, 2.75) is 32.8 Å². The number of Topliss-reactive ketones (excluding diaryl/α,β-unsaturated/α-hetero) is 1. The zero-order valence-electron chi connectivity index (χ0n) is 9.52. The van der Waals surface area contributed by atoms with Crippen LogP contribution in [0.5, 0.6) is 0 Å². The normalized spacial score (nSPS) is 22.4. The van der Waals surface area contributed by atoms with Gasteiger partial charge in [0, 0.05) is 0 Å². The molecule has 0 bridgehead atoms. The van der Waals surface area contributed by atoms with Crippen LogP contribution in [0.3, 0.4) is 0 Å². The second-order valence-electron chi connectivity index (χ2n) is 4.01. The van der Waals surface area contributed by atoms with Gasteiger partial charge in [0.05, 0.1) is 17.1 Å². The van der Waals surface area contributed by atoms with Gasteiger partial charge < -0.3 is 10.5 Å². The first-order valence-electron chi connectivity index (χ1n) is 5.16. The molecule has 1 fully saturated rings. The van der Waals surface area contributed by atoms with Crippen molar-refractivity contribution < 1.29 is 17.9 Å². The quantitative estimate of drug-likeness (QED) is 0.574. The van der Waals surface area contributed by atoms with Crippen molar-refractivity contribution >= 4 is 15.6 Å². The SMILES string of the molecule is CC(=O)/C(C)=C(\N)OC1CCS(=O)(=O)CC1. The number of rotatable bonds is 3. The fourth-order valence-corrected chi connectivity index (χ4v) is 2.88. The van der Waals surface area contributed by atoms with Crippen molar-refractivity contribution in [3.8, 4) is 0 Å². The molecule has 1 saturated heterocycles. The molecule has 1 rings (SSSR count). The Labute approximate surface area is 95.6 Å². The average Bonchev–Trinajstić information content (AvgIpc) is 2.19. The van der Waals surface area contributed by atoms with Gasteiger partial charge in [0.2, 0.25) is 0 Å². The molecule has 0 amide bonds. The molecular weight excluding hydrogens is 230 g/mol. The average molecular weight is 247 g/mol. The Morgan fingerprint density at radius 3 is 2.19 bits per heavy atom. The molecule has 1 aliphatic rings. The highest BCUT2D eigenvalue weighted by Gasteiger charge is 2.25. The van der Waals surface area contributed by atoms with E-state index in [1.807, 2.05) is 0 Å². The fourth-order valence-electron chi connectivity index (χ4n) is 1.43. The zero-order valence-corrected chi connectivity index (χ0v) is 10.3. The third-order valence-electron chi connectivity index (χ3n) is 2.69. The van der Waals surface area contributed by atoms with Crippen LogP contribution in [-0.4, -0.2) is 31.8 Å². The predicted molar refractivity (Wildman–Crippen MR) is 60.3 cm³/mol. The number of allylic oxidation sites excluding steroid dienone is 1. The summed E-state index contributed by atoms with van der Waals surface area (Å²) >= 11 is 0. The van der Waals surface area contributed by atoms with E-state index in [1.54, 1.807) is 6.92 Å². The minimum atomic E-state index is -2.89. The third kappa shape index (κ3) is 3.52. The molecule has 0 spiro atoms. The summed E-state index contributed by atoms with van der Waals surface area (Å²) in [7, 11) is -2.89. The van der Waals surface area contributed by atoms with Gasteiger partial charge in [-0.25, -0.2) is 8.42 Å². The van der Waals surface area contributed by atoms with Crippen LogP contribution in [-0.2, 0) is 19.4 Å². The minimum absolute atomic E-state index is 0.108. The van der Waals surface area contributed by atoms with Crippen molar-refractivity contribution in [3.63, 3.8) is 0 Å². The van der Waals surface area contributed by atoms with E-state index in [0.29, 0.717) is 18.4 Å². The summed E-state index contributed by atoms with van der Waals surface area (Å²) in [5.74, 6) is 0.228. The summed E-state index contributed by atoms with van der Waals surface area (Å²) in [5.41, 5.74) is 5.99. The number of carbonyl (C=O) groups is 1. The molecule has 5 nitrogen and oxygen atoms in total. The highest BCUT2D eigenvalue weighted by atomic mass is 32.2. The highest BCUT2D eigenvalue weighted by Crippen LogP contribution is 2.18. The number of ether oxygens (including phenoxy) is 1. The second kappa shape index (κ2) is 4.86. The van der Waals surface area contributed by atoms with Crippen molar-refractivity contribution in [1.82, 2.24) is 0 Å². The van der Waals surface area contributed by atoms with Crippen LogP contribution >= 0.6 is 0 Å². The van der Waals surface area contributed by atoms with E-state index in [-0.39, 0.29) is 29.3 Å². The third-order valence-corrected chi connectivity index (χ3v) is 4.41. The van der Waals surface area contributed by atoms with Crippen LogP contribution in [0.4, 0.5) is 0 Å². The number of hydrogen-bond acceptors (Lipinski definition) is 5. The molecule has 6 heteroatoms. The van der Waals surface area contributed by atoms with Gasteiger partial charge in [-0.1, -0.05) is 0 Å². The number of carbonyl (C=O) groups excluding carboxylic acids is 1. The number of hydrogen-bond donors (Lipinski definition) is 1. The molecule has 0 aromatic heterocycles. The van der Waals surface area contributed by atoms with Crippen LogP contribution in [0.2, 0.25) is 0 Å². The highest BCUT2D eigenvalue weighted by molar-refractivity contribution is 7.91. The van der Waals surface area contributed by atoms with Gasteiger partial charge in [-0.05, 0) is 26.7 Å². The lowest BCUT2D eigenvalue weighted by Gasteiger charge is -2.23. The monoisotopic (exact) mass is 247 g/mol. The maximum atomic E-state index is 11.2. The Bertz CT molecular complexity index is 397. The molecule has 0 aliphatic carbocycles. The van der Waals surface area contributed by atoms with Gasteiger partial charge in [-0.15, -0.1) is 0 Å². The molecule has 0 aromatic rings. The van der Waals surface area contributed by atoms with E-state index in [9.17, 15) is 13.2 Å². The second-order valence-corrected chi connectivity index (χ2v) is 6.32. The summed E-state index contributed by atoms with van der Waals surface area (Å²) in [5, 5.41) is 0. The minimum Gasteiger partial charge on any atom is -0.476 e. The Morgan fingerprint density at radius 2 is 1.75 bits per heavy atom. The Kier molecular flexibility index (Phi) is 3.96. The van der Waals surface area contributed by atoms with E-state index in [4.69, 9.17) is 10.5 Å². The Balaban J connectivity index is 2.58. The molecule has 92 valence electrons. The molecule has 0 atom stereocenters. The van der Waals surface area contributed by atoms with Crippen molar-refractivity contribution in [2.24, 2.45) is 5.73 Å². The zero-order chi connectivity index (χ0) is 12.3. The summed E-state index contributed by atoms with van der Waals surface area (Å²) < 4.78 is 27.7. The first-order valence-corrected chi connectivity index (χ1v) is 6.98. The number of nitrogens with two attached hydrogens (primary N) is 1. The molecule has 1 aliphatic heterocycles. The lowest BCUT2D eigenvalue weighted by atomic mass is 10.2.